The number of phenolic OH excluding ortho intramolecular Hbond substituents is 1. The molecule has 0 spiro atoms. The molecule has 4 N–H and O–H groups in total. The third-order valence-corrected chi connectivity index (χ3v) is 3.02. The van der Waals surface area contributed by atoms with Gasteiger partial charge in [-0.3, -0.25) is 20.4 Å². The van der Waals surface area contributed by atoms with Crippen molar-refractivity contribution in [3.05, 3.63) is 65.7 Å². The molecular weight excluding hydrogens is 294 g/mol. The molecule has 23 heavy (non-hydrogen) atoms. The second-order valence-electron chi connectivity index (χ2n) is 4.70. The first-order valence-corrected chi connectivity index (χ1v) is 6.94. The summed E-state index contributed by atoms with van der Waals surface area (Å²) in [6.07, 6.45) is 3.00. The Labute approximate surface area is 133 Å². The number of hydrogen-bond donors (Lipinski definition) is 4. The molecule has 0 saturated heterocycles. The number of benzene rings is 2. The van der Waals surface area contributed by atoms with E-state index in [0.29, 0.717) is 11.3 Å². The van der Waals surface area contributed by atoms with Crippen LogP contribution in [0, 0.1) is 0 Å². The van der Waals surface area contributed by atoms with Gasteiger partial charge in [0, 0.05) is 18.7 Å². The minimum absolute atomic E-state index is 0.169. The molecule has 0 unspecified atom stereocenters. The molecule has 2 aromatic carbocycles. The molecule has 6 heteroatoms. The summed E-state index contributed by atoms with van der Waals surface area (Å²) in [6.45, 7) is 0. The second kappa shape index (κ2) is 7.65. The van der Waals surface area contributed by atoms with Gasteiger partial charge in [0.15, 0.2) is 0 Å². The summed E-state index contributed by atoms with van der Waals surface area (Å²) >= 11 is 0. The largest absolute Gasteiger partial charge is 0.508 e. The fraction of sp³-hybridized carbons (Fsp3) is 0.0588. The van der Waals surface area contributed by atoms with Crippen LogP contribution in [0.2, 0.25) is 0 Å². The van der Waals surface area contributed by atoms with Gasteiger partial charge in [-0.15, -0.1) is 0 Å². The van der Waals surface area contributed by atoms with E-state index < -0.39 is 0 Å². The van der Waals surface area contributed by atoms with Gasteiger partial charge in [-0.25, -0.2) is 0 Å². The first kappa shape index (κ1) is 16.1. The summed E-state index contributed by atoms with van der Waals surface area (Å²) < 4.78 is 0. The molecule has 2 aromatic rings. The van der Waals surface area contributed by atoms with E-state index in [-0.39, 0.29) is 17.6 Å². The van der Waals surface area contributed by atoms with Crippen LogP contribution in [-0.2, 0) is 4.79 Å². The molecule has 0 aliphatic carbocycles. The molecule has 0 atom stereocenters. The van der Waals surface area contributed by atoms with Crippen molar-refractivity contribution in [2.24, 2.45) is 0 Å². The molecule has 0 bridgehead atoms. The number of aromatic hydroxyl groups is 1. The minimum atomic E-state index is -0.326. The summed E-state index contributed by atoms with van der Waals surface area (Å²) in [7, 11) is 1.56. The SMILES string of the molecule is CNC(=O)c1ccc(NNC(=O)/C=C/c2ccc(O)cc2)cc1. The van der Waals surface area contributed by atoms with E-state index in [2.05, 4.69) is 16.2 Å². The zero-order valence-electron chi connectivity index (χ0n) is 12.5. The lowest BCUT2D eigenvalue weighted by atomic mass is 10.2. The van der Waals surface area contributed by atoms with Crippen molar-refractivity contribution in [3.63, 3.8) is 0 Å². The highest BCUT2D eigenvalue weighted by Gasteiger charge is 2.02. The van der Waals surface area contributed by atoms with E-state index in [0.717, 1.165) is 5.56 Å². The molecule has 0 heterocycles. The predicted octanol–water partition coefficient (Wildman–Crippen LogP) is 1.91. The highest BCUT2D eigenvalue weighted by Crippen LogP contribution is 2.11. The number of hydrogen-bond acceptors (Lipinski definition) is 4. The Morgan fingerprint density at radius 2 is 1.65 bits per heavy atom. The number of nitrogens with one attached hydrogen (secondary N) is 3. The highest BCUT2D eigenvalue weighted by molar-refractivity contribution is 5.94. The maximum absolute atomic E-state index is 11.7. The van der Waals surface area contributed by atoms with Crippen LogP contribution in [0.3, 0.4) is 0 Å². The highest BCUT2D eigenvalue weighted by atomic mass is 16.3. The normalized spacial score (nSPS) is 10.3. The zero-order valence-corrected chi connectivity index (χ0v) is 12.5. The van der Waals surface area contributed by atoms with Crippen LogP contribution < -0.4 is 16.2 Å². The minimum Gasteiger partial charge on any atom is -0.508 e. The van der Waals surface area contributed by atoms with Crippen LogP contribution in [0.25, 0.3) is 6.08 Å². The van der Waals surface area contributed by atoms with Gasteiger partial charge in [-0.05, 0) is 48.0 Å². The smallest absolute Gasteiger partial charge is 0.262 e. The van der Waals surface area contributed by atoms with Gasteiger partial charge in [0.05, 0.1) is 5.69 Å². The van der Waals surface area contributed by atoms with E-state index in [1.54, 1.807) is 61.7 Å². The van der Waals surface area contributed by atoms with E-state index in [9.17, 15) is 14.7 Å². The van der Waals surface area contributed by atoms with Gasteiger partial charge < -0.3 is 10.4 Å². The van der Waals surface area contributed by atoms with Crippen LogP contribution in [0.4, 0.5) is 5.69 Å². The van der Waals surface area contributed by atoms with Gasteiger partial charge in [-0.1, -0.05) is 12.1 Å². The number of rotatable bonds is 5. The Morgan fingerprint density at radius 1 is 1.00 bits per heavy atom. The summed E-state index contributed by atoms with van der Waals surface area (Å²) in [6, 6.07) is 13.2. The van der Waals surface area contributed by atoms with Crippen molar-refractivity contribution in [3.8, 4) is 5.75 Å². The average Bonchev–Trinajstić information content (AvgIpc) is 2.59. The molecular formula is C17H17N3O3. The monoisotopic (exact) mass is 311 g/mol. The van der Waals surface area contributed by atoms with E-state index in [1.807, 2.05) is 0 Å². The molecule has 6 nitrogen and oxygen atoms in total. The Hall–Kier alpha value is -3.28. The topological polar surface area (TPSA) is 90.5 Å². The zero-order chi connectivity index (χ0) is 16.7. The fourth-order valence-electron chi connectivity index (χ4n) is 1.78. The average molecular weight is 311 g/mol. The quantitative estimate of drug-likeness (QED) is 0.501. The van der Waals surface area contributed by atoms with Crippen molar-refractivity contribution in [1.29, 1.82) is 0 Å². The molecule has 2 rings (SSSR count). The summed E-state index contributed by atoms with van der Waals surface area (Å²) in [5.41, 5.74) is 7.26. The Bertz CT molecular complexity index is 707. The molecule has 0 radical (unpaired) electrons. The summed E-state index contributed by atoms with van der Waals surface area (Å²) in [5.74, 6) is -0.320. The van der Waals surface area contributed by atoms with Crippen LogP contribution in [0.1, 0.15) is 15.9 Å². The molecule has 118 valence electrons. The number of amides is 2. The molecule has 0 aromatic heterocycles. The van der Waals surface area contributed by atoms with Crippen molar-refractivity contribution < 1.29 is 14.7 Å². The lowest BCUT2D eigenvalue weighted by molar-refractivity contribution is -0.115. The van der Waals surface area contributed by atoms with Gasteiger partial charge in [0.25, 0.3) is 11.8 Å². The Balaban J connectivity index is 1.86. The molecule has 0 fully saturated rings. The maximum Gasteiger partial charge on any atom is 0.262 e. The van der Waals surface area contributed by atoms with Crippen molar-refractivity contribution in [2.75, 3.05) is 12.5 Å². The molecule has 0 aliphatic rings. The van der Waals surface area contributed by atoms with Gasteiger partial charge in [0.2, 0.25) is 0 Å². The lowest BCUT2D eigenvalue weighted by Crippen LogP contribution is -2.27. The molecule has 0 saturated carbocycles. The Morgan fingerprint density at radius 3 is 2.26 bits per heavy atom. The van der Waals surface area contributed by atoms with Gasteiger partial charge >= 0.3 is 0 Å². The van der Waals surface area contributed by atoms with Crippen LogP contribution in [-0.4, -0.2) is 24.0 Å². The second-order valence-corrected chi connectivity index (χ2v) is 4.70. The Kier molecular flexibility index (Phi) is 5.35. The lowest BCUT2D eigenvalue weighted by Gasteiger charge is -2.07. The van der Waals surface area contributed by atoms with E-state index in [1.165, 1.54) is 6.08 Å². The van der Waals surface area contributed by atoms with E-state index in [4.69, 9.17) is 0 Å². The number of carbonyl (C=O) groups is 2. The number of phenols is 1. The number of anilines is 1. The van der Waals surface area contributed by atoms with Gasteiger partial charge in [-0.2, -0.15) is 0 Å². The first-order chi connectivity index (χ1) is 11.1. The van der Waals surface area contributed by atoms with Crippen LogP contribution in [0.5, 0.6) is 5.75 Å². The number of hydrazine groups is 1. The van der Waals surface area contributed by atoms with Gasteiger partial charge in [0.1, 0.15) is 5.75 Å². The maximum atomic E-state index is 11.7. The third kappa shape index (κ3) is 4.89. The fourth-order valence-corrected chi connectivity index (χ4v) is 1.78. The van der Waals surface area contributed by atoms with Crippen molar-refractivity contribution in [1.82, 2.24) is 10.7 Å². The van der Waals surface area contributed by atoms with Crippen LogP contribution in [0.15, 0.2) is 54.6 Å². The van der Waals surface area contributed by atoms with E-state index >= 15 is 0 Å². The standard InChI is InChI=1S/C17H17N3O3/c1-18-17(23)13-5-7-14(8-6-13)19-20-16(22)11-4-12-2-9-15(21)10-3-12/h2-11,19,21H,1H3,(H,18,23)(H,20,22)/b11-4+. The number of carbonyl (C=O) groups excluding carboxylic acids is 2. The predicted molar refractivity (Wildman–Crippen MR) is 88.7 cm³/mol. The summed E-state index contributed by atoms with van der Waals surface area (Å²) in [5, 5.41) is 11.7. The van der Waals surface area contributed by atoms with Crippen molar-refractivity contribution in [2.45, 2.75) is 0 Å². The molecule has 2 amide bonds. The summed E-state index contributed by atoms with van der Waals surface area (Å²) in [4.78, 5) is 23.1. The third-order valence-electron chi connectivity index (χ3n) is 3.02. The first-order valence-electron chi connectivity index (χ1n) is 6.94. The molecule has 0 aliphatic heterocycles. The van der Waals surface area contributed by atoms with Crippen LogP contribution >= 0.6 is 0 Å². The van der Waals surface area contributed by atoms with Crippen molar-refractivity contribution >= 4 is 23.6 Å².